The maximum Gasteiger partial charge on any atom is 0.399 e. The average Bonchev–Trinajstić information content (AvgIpc) is 2.04. The summed E-state index contributed by atoms with van der Waals surface area (Å²) >= 11 is 6.46. The number of hydrogen-bond donors (Lipinski definition) is 0. The third kappa shape index (κ3) is 4.35. The summed E-state index contributed by atoms with van der Waals surface area (Å²) in [5.41, 5.74) is 0. The van der Waals surface area contributed by atoms with Crippen molar-refractivity contribution in [3.05, 3.63) is 0 Å². The van der Waals surface area contributed by atoms with Crippen LogP contribution in [0.5, 0.6) is 0 Å². The van der Waals surface area contributed by atoms with Gasteiger partial charge in [-0.2, -0.15) is 4.99 Å². The predicted octanol–water partition coefficient (Wildman–Crippen LogP) is 1.03. The van der Waals surface area contributed by atoms with Gasteiger partial charge in [-0.05, 0) is 13.2 Å². The molecule has 0 rings (SSSR count). The van der Waals surface area contributed by atoms with E-state index in [4.69, 9.17) is 11.6 Å². The monoisotopic (exact) mass is 209 g/mol. The molecule has 0 unspecified atom stereocenters. The van der Waals surface area contributed by atoms with Crippen LogP contribution in [0.3, 0.4) is 0 Å². The topological polar surface area (TPSA) is 55.7 Å². The molecule has 0 aliphatic rings. The third-order valence-corrected chi connectivity index (χ3v) is 1.78. The molecular formula is C6H8ClNO3S. The van der Waals surface area contributed by atoms with Crippen LogP contribution in [0, 0.1) is 0 Å². The Bertz CT molecular complexity index is 217. The van der Waals surface area contributed by atoms with E-state index in [0.29, 0.717) is 0 Å². The molecule has 0 saturated heterocycles. The van der Waals surface area contributed by atoms with Crippen molar-refractivity contribution in [1.82, 2.24) is 0 Å². The number of rotatable bonds is 1. The minimum Gasteiger partial charge on any atom is -0.459 e. The van der Waals surface area contributed by atoms with E-state index in [0.717, 1.165) is 11.8 Å². The van der Waals surface area contributed by atoms with Crippen molar-refractivity contribution in [2.75, 3.05) is 12.9 Å². The fraction of sp³-hybridized carbons (Fsp3) is 0.500. The summed E-state index contributed by atoms with van der Waals surface area (Å²) in [6, 6.07) is 0. The van der Waals surface area contributed by atoms with E-state index in [2.05, 4.69) is 9.73 Å². The van der Waals surface area contributed by atoms with E-state index < -0.39 is 11.9 Å². The number of esters is 1. The molecule has 0 aliphatic carbocycles. The lowest BCUT2D eigenvalue weighted by Crippen LogP contribution is -2.15. The second-order valence-electron chi connectivity index (χ2n) is 1.59. The van der Waals surface area contributed by atoms with Crippen LogP contribution in [0.15, 0.2) is 4.99 Å². The molecule has 0 fully saturated rings. The van der Waals surface area contributed by atoms with E-state index in [1.807, 2.05) is 0 Å². The highest BCUT2D eigenvalue weighted by atomic mass is 35.5. The average molecular weight is 210 g/mol. The van der Waals surface area contributed by atoms with Gasteiger partial charge in [0, 0.05) is 0 Å². The minimum absolute atomic E-state index is 0.0213. The lowest BCUT2D eigenvalue weighted by molar-refractivity contribution is -0.152. The maximum atomic E-state index is 10.7. The van der Waals surface area contributed by atoms with Crippen molar-refractivity contribution < 1.29 is 14.3 Å². The predicted molar refractivity (Wildman–Crippen MR) is 48.4 cm³/mol. The van der Waals surface area contributed by atoms with E-state index in [-0.39, 0.29) is 11.1 Å². The first kappa shape index (κ1) is 11.4. The lowest BCUT2D eigenvalue weighted by Gasteiger charge is -1.95. The highest BCUT2D eigenvalue weighted by Crippen LogP contribution is 2.02. The molecule has 0 heterocycles. The Labute approximate surface area is 79.3 Å². The first-order valence-electron chi connectivity index (χ1n) is 3.11. The van der Waals surface area contributed by atoms with Crippen molar-refractivity contribution >= 4 is 39.7 Å². The summed E-state index contributed by atoms with van der Waals surface area (Å²) in [6.07, 6.45) is 1.64. The Balaban J connectivity index is 4.12. The van der Waals surface area contributed by atoms with Crippen molar-refractivity contribution in [2.45, 2.75) is 6.92 Å². The first-order chi connectivity index (χ1) is 5.61. The zero-order valence-corrected chi connectivity index (χ0v) is 8.24. The van der Waals surface area contributed by atoms with E-state index in [1.54, 1.807) is 13.2 Å². The van der Waals surface area contributed by atoms with Gasteiger partial charge in [-0.25, -0.2) is 4.79 Å². The smallest absolute Gasteiger partial charge is 0.399 e. The molecule has 0 radical (unpaired) electrons. The molecular weight excluding hydrogens is 202 g/mol. The molecule has 6 heteroatoms. The summed E-state index contributed by atoms with van der Waals surface area (Å²) in [5.74, 6) is -1.96. The van der Waals surface area contributed by atoms with E-state index >= 15 is 0 Å². The van der Waals surface area contributed by atoms with Crippen LogP contribution in [-0.4, -0.2) is 29.2 Å². The standard InChI is InChI=1S/C6H8ClNO3S/c1-3-11-5(10)4(9)8-6(7)12-2/h3H2,1-2H3. The molecule has 0 N–H and O–H groups in total. The van der Waals surface area contributed by atoms with Gasteiger partial charge in [0.25, 0.3) is 0 Å². The summed E-state index contributed by atoms with van der Waals surface area (Å²) in [7, 11) is 0. The van der Waals surface area contributed by atoms with Crippen LogP contribution in [0.4, 0.5) is 0 Å². The van der Waals surface area contributed by atoms with Crippen molar-refractivity contribution in [3.8, 4) is 0 Å². The number of hydrogen-bond acceptors (Lipinski definition) is 4. The zero-order valence-electron chi connectivity index (χ0n) is 6.67. The Morgan fingerprint density at radius 3 is 2.58 bits per heavy atom. The second-order valence-corrected chi connectivity index (χ2v) is 2.97. The number of amides is 1. The normalized spacial score (nSPS) is 11.1. The number of aliphatic imine (C=N–C) groups is 1. The molecule has 0 aromatic rings. The molecule has 0 atom stereocenters. The number of thioether (sulfide) groups is 1. The van der Waals surface area contributed by atoms with Gasteiger partial charge < -0.3 is 4.74 Å². The minimum atomic E-state index is -0.982. The Morgan fingerprint density at radius 2 is 2.17 bits per heavy atom. The van der Waals surface area contributed by atoms with Crippen molar-refractivity contribution in [3.63, 3.8) is 0 Å². The number of ether oxygens (including phenoxy) is 1. The van der Waals surface area contributed by atoms with Gasteiger partial charge in [0.1, 0.15) is 0 Å². The summed E-state index contributed by atoms with van der Waals surface area (Å²) in [4.78, 5) is 24.6. The largest absolute Gasteiger partial charge is 0.459 e. The molecule has 12 heavy (non-hydrogen) atoms. The molecule has 0 aromatic heterocycles. The quantitative estimate of drug-likeness (QED) is 0.280. The van der Waals surface area contributed by atoms with Crippen LogP contribution in [0.25, 0.3) is 0 Å². The second kappa shape index (κ2) is 6.02. The molecule has 4 nitrogen and oxygen atoms in total. The third-order valence-electron chi connectivity index (χ3n) is 0.808. The Hall–Kier alpha value is -0.550. The molecule has 0 aliphatic heterocycles. The number of carbonyl (C=O) groups is 2. The van der Waals surface area contributed by atoms with Crippen LogP contribution in [0.1, 0.15) is 6.92 Å². The van der Waals surface area contributed by atoms with Crippen LogP contribution in [-0.2, 0) is 14.3 Å². The summed E-state index contributed by atoms with van der Waals surface area (Å²) < 4.78 is 4.41. The first-order valence-corrected chi connectivity index (χ1v) is 4.71. The highest BCUT2D eigenvalue weighted by molar-refractivity contribution is 8.16. The van der Waals surface area contributed by atoms with E-state index in [9.17, 15) is 9.59 Å². The van der Waals surface area contributed by atoms with Gasteiger partial charge in [0.2, 0.25) is 0 Å². The molecule has 0 spiro atoms. The molecule has 0 saturated carbocycles. The molecule has 1 amide bonds. The van der Waals surface area contributed by atoms with Crippen LogP contribution >= 0.6 is 23.4 Å². The fourth-order valence-corrected chi connectivity index (χ4v) is 0.615. The number of carbonyl (C=O) groups excluding carboxylic acids is 2. The Morgan fingerprint density at radius 1 is 1.58 bits per heavy atom. The van der Waals surface area contributed by atoms with Gasteiger partial charge >= 0.3 is 11.9 Å². The van der Waals surface area contributed by atoms with Crippen LogP contribution in [0.2, 0.25) is 0 Å². The number of halogens is 1. The fourth-order valence-electron chi connectivity index (χ4n) is 0.364. The van der Waals surface area contributed by atoms with E-state index in [1.165, 1.54) is 0 Å². The van der Waals surface area contributed by atoms with Gasteiger partial charge in [0.05, 0.1) is 6.61 Å². The summed E-state index contributed by atoms with van der Waals surface area (Å²) in [6.45, 7) is 1.75. The van der Waals surface area contributed by atoms with Gasteiger partial charge in [-0.15, -0.1) is 0 Å². The number of nitrogens with zero attached hydrogens (tertiary/aromatic N) is 1. The highest BCUT2D eigenvalue weighted by Gasteiger charge is 2.13. The van der Waals surface area contributed by atoms with Gasteiger partial charge in [-0.1, -0.05) is 23.4 Å². The Kier molecular flexibility index (Phi) is 5.74. The summed E-state index contributed by atoms with van der Waals surface area (Å²) in [5, 5.41) is 0. The lowest BCUT2D eigenvalue weighted by atomic mass is 10.6. The van der Waals surface area contributed by atoms with Gasteiger partial charge in [-0.3, -0.25) is 4.79 Å². The maximum absolute atomic E-state index is 10.7. The molecule has 0 bridgehead atoms. The van der Waals surface area contributed by atoms with Crippen LogP contribution < -0.4 is 0 Å². The SMILES string of the molecule is CCOC(=O)C(=O)N=C(Cl)SC. The molecule has 68 valence electrons. The van der Waals surface area contributed by atoms with Crippen molar-refractivity contribution in [2.24, 2.45) is 4.99 Å². The van der Waals surface area contributed by atoms with Gasteiger partial charge in [0.15, 0.2) is 4.50 Å². The van der Waals surface area contributed by atoms with Crippen molar-refractivity contribution in [1.29, 1.82) is 0 Å². The molecule has 0 aromatic carbocycles. The zero-order chi connectivity index (χ0) is 9.56.